The molecule has 0 aliphatic rings. The van der Waals surface area contributed by atoms with Gasteiger partial charge in [-0.1, -0.05) is 17.9 Å². The van der Waals surface area contributed by atoms with E-state index in [0.717, 1.165) is 0 Å². The van der Waals surface area contributed by atoms with Crippen molar-refractivity contribution >= 4 is 10.0 Å². The minimum absolute atomic E-state index is 0.0909. The normalized spacial score (nSPS) is 11.8. The molecular weight excluding hydrogens is 222 g/mol. The zero-order chi connectivity index (χ0) is 12.4. The van der Waals surface area contributed by atoms with Crippen LogP contribution in [0.3, 0.4) is 0 Å². The first-order chi connectivity index (χ1) is 7.18. The lowest BCUT2D eigenvalue weighted by Gasteiger charge is -2.06. The van der Waals surface area contributed by atoms with Gasteiger partial charge in [-0.05, 0) is 39.0 Å². The largest absolute Gasteiger partial charge is 0.238 e. The smallest absolute Gasteiger partial charge is 0.225 e. The zero-order valence-corrected chi connectivity index (χ0v) is 10.4. The third-order valence-electron chi connectivity index (χ3n) is 1.74. The van der Waals surface area contributed by atoms with E-state index in [-0.39, 0.29) is 10.3 Å². The molecule has 16 heavy (non-hydrogen) atoms. The van der Waals surface area contributed by atoms with E-state index in [2.05, 4.69) is 11.8 Å². The number of nitrogens with two attached hydrogens (primary N) is 1. The van der Waals surface area contributed by atoms with Gasteiger partial charge in [-0.25, -0.2) is 13.6 Å². The first kappa shape index (κ1) is 12.8. The number of hydrogen-bond acceptors (Lipinski definition) is 2. The Kier molecular flexibility index (Phi) is 3.41. The van der Waals surface area contributed by atoms with E-state index in [4.69, 9.17) is 5.14 Å². The Hall–Kier alpha value is -1.31. The average molecular weight is 237 g/mol. The number of benzene rings is 1. The van der Waals surface area contributed by atoms with Gasteiger partial charge >= 0.3 is 0 Å². The molecule has 1 aromatic carbocycles. The Balaban J connectivity index is 3.14. The quantitative estimate of drug-likeness (QED) is 0.756. The van der Waals surface area contributed by atoms with Crippen LogP contribution in [0.1, 0.15) is 26.3 Å². The van der Waals surface area contributed by atoms with E-state index in [1.54, 1.807) is 12.1 Å². The van der Waals surface area contributed by atoms with Crippen LogP contribution in [0.25, 0.3) is 0 Å². The molecule has 1 rings (SSSR count). The van der Waals surface area contributed by atoms with Crippen LogP contribution in [0.2, 0.25) is 0 Å². The summed E-state index contributed by atoms with van der Waals surface area (Å²) in [7, 11) is -3.65. The molecule has 0 unspecified atom stereocenters. The fourth-order valence-corrected chi connectivity index (χ4v) is 1.57. The van der Waals surface area contributed by atoms with Crippen LogP contribution in [-0.4, -0.2) is 8.42 Å². The maximum Gasteiger partial charge on any atom is 0.238 e. The lowest BCUT2D eigenvalue weighted by Crippen LogP contribution is -2.12. The van der Waals surface area contributed by atoms with Crippen molar-refractivity contribution < 1.29 is 8.42 Å². The molecule has 86 valence electrons. The molecule has 0 spiro atoms. The maximum atomic E-state index is 11.1. The van der Waals surface area contributed by atoms with Crippen LogP contribution in [0.4, 0.5) is 0 Å². The average Bonchev–Trinajstić information content (AvgIpc) is 2.13. The molecule has 0 heterocycles. The van der Waals surface area contributed by atoms with Crippen molar-refractivity contribution in [1.82, 2.24) is 0 Å². The van der Waals surface area contributed by atoms with Gasteiger partial charge in [-0.3, -0.25) is 0 Å². The number of hydrogen-bond donors (Lipinski definition) is 1. The van der Waals surface area contributed by atoms with Crippen molar-refractivity contribution in [2.45, 2.75) is 25.7 Å². The van der Waals surface area contributed by atoms with Crippen LogP contribution >= 0.6 is 0 Å². The molecule has 0 radical (unpaired) electrons. The summed E-state index contributed by atoms with van der Waals surface area (Å²) in [4.78, 5) is 0.0909. The van der Waals surface area contributed by atoms with Crippen molar-refractivity contribution in [2.75, 3.05) is 0 Å². The molecule has 4 heteroatoms. The van der Waals surface area contributed by atoms with E-state index >= 15 is 0 Å². The Bertz CT molecular complexity index is 542. The number of sulfonamides is 1. The third kappa shape index (κ3) is 4.05. The van der Waals surface area contributed by atoms with Gasteiger partial charge in [-0.15, -0.1) is 0 Å². The Morgan fingerprint density at radius 2 is 1.88 bits per heavy atom. The topological polar surface area (TPSA) is 60.2 Å². The van der Waals surface area contributed by atoms with Crippen molar-refractivity contribution in [1.29, 1.82) is 0 Å². The van der Waals surface area contributed by atoms with E-state index < -0.39 is 10.0 Å². The summed E-state index contributed by atoms with van der Waals surface area (Å²) in [5.74, 6) is 5.96. The standard InChI is InChI=1S/C12H15NO2S/c1-12(2,3)8-7-10-5-4-6-11(9-10)16(13,14)15/h4-6,9H,1-3H3,(H2,13,14,15). The van der Waals surface area contributed by atoms with Gasteiger partial charge in [0.25, 0.3) is 0 Å². The van der Waals surface area contributed by atoms with E-state index in [1.807, 2.05) is 20.8 Å². The first-order valence-electron chi connectivity index (χ1n) is 4.84. The molecule has 0 bridgehead atoms. The van der Waals surface area contributed by atoms with Crippen LogP contribution in [0.5, 0.6) is 0 Å². The molecule has 0 atom stereocenters. The van der Waals surface area contributed by atoms with Gasteiger partial charge in [0.05, 0.1) is 4.90 Å². The summed E-state index contributed by atoms with van der Waals surface area (Å²) in [5, 5.41) is 5.03. The van der Waals surface area contributed by atoms with Gasteiger partial charge < -0.3 is 0 Å². The molecule has 0 fully saturated rings. The van der Waals surface area contributed by atoms with Crippen molar-refractivity contribution in [3.63, 3.8) is 0 Å². The molecule has 0 aromatic heterocycles. The maximum absolute atomic E-state index is 11.1. The molecule has 0 amide bonds. The van der Waals surface area contributed by atoms with Crippen molar-refractivity contribution in [3.8, 4) is 11.8 Å². The van der Waals surface area contributed by atoms with Gasteiger partial charge in [-0.2, -0.15) is 0 Å². The second-order valence-electron chi connectivity index (χ2n) is 4.57. The summed E-state index contributed by atoms with van der Waals surface area (Å²) >= 11 is 0. The molecule has 3 nitrogen and oxygen atoms in total. The van der Waals surface area contributed by atoms with Gasteiger partial charge in [0.15, 0.2) is 0 Å². The highest BCUT2D eigenvalue weighted by Gasteiger charge is 2.07. The third-order valence-corrected chi connectivity index (χ3v) is 2.66. The highest BCUT2D eigenvalue weighted by molar-refractivity contribution is 7.89. The number of rotatable bonds is 1. The van der Waals surface area contributed by atoms with E-state index in [9.17, 15) is 8.42 Å². The van der Waals surface area contributed by atoms with Crippen LogP contribution in [0, 0.1) is 17.3 Å². The monoisotopic (exact) mass is 237 g/mol. The molecule has 0 saturated carbocycles. The van der Waals surface area contributed by atoms with E-state index in [0.29, 0.717) is 5.56 Å². The van der Waals surface area contributed by atoms with Crippen LogP contribution in [0.15, 0.2) is 29.2 Å². The second-order valence-corrected chi connectivity index (χ2v) is 6.13. The molecule has 0 saturated heterocycles. The lowest BCUT2D eigenvalue weighted by atomic mass is 9.97. The van der Waals surface area contributed by atoms with Crippen molar-refractivity contribution in [2.24, 2.45) is 10.6 Å². The molecule has 1 aromatic rings. The Morgan fingerprint density at radius 1 is 1.25 bits per heavy atom. The fourth-order valence-electron chi connectivity index (χ4n) is 1.01. The second kappa shape index (κ2) is 4.28. The predicted molar refractivity (Wildman–Crippen MR) is 64.1 cm³/mol. The van der Waals surface area contributed by atoms with Crippen molar-refractivity contribution in [3.05, 3.63) is 29.8 Å². The zero-order valence-electron chi connectivity index (χ0n) is 9.61. The minimum Gasteiger partial charge on any atom is -0.225 e. The SMILES string of the molecule is CC(C)(C)C#Cc1cccc(S(N)(=O)=O)c1. The Labute approximate surface area is 96.7 Å². The predicted octanol–water partition coefficient (Wildman–Crippen LogP) is 1.73. The molecular formula is C12H15NO2S. The molecule has 0 aliphatic carbocycles. The minimum atomic E-state index is -3.65. The molecule has 0 aliphatic heterocycles. The summed E-state index contributed by atoms with van der Waals surface area (Å²) < 4.78 is 22.2. The fraction of sp³-hybridized carbons (Fsp3) is 0.333. The molecule has 2 N–H and O–H groups in total. The first-order valence-corrected chi connectivity index (χ1v) is 6.39. The highest BCUT2D eigenvalue weighted by Crippen LogP contribution is 2.12. The van der Waals surface area contributed by atoms with Crippen LogP contribution in [-0.2, 0) is 10.0 Å². The summed E-state index contributed by atoms with van der Waals surface area (Å²) in [6.45, 7) is 5.97. The number of primary sulfonamides is 1. The lowest BCUT2D eigenvalue weighted by molar-refractivity contribution is 0.571. The van der Waals surface area contributed by atoms with Gasteiger partial charge in [0.2, 0.25) is 10.0 Å². The summed E-state index contributed by atoms with van der Waals surface area (Å²) in [5.41, 5.74) is 0.541. The summed E-state index contributed by atoms with van der Waals surface area (Å²) in [6, 6.07) is 6.32. The highest BCUT2D eigenvalue weighted by atomic mass is 32.2. The van der Waals surface area contributed by atoms with Crippen LogP contribution < -0.4 is 5.14 Å². The Morgan fingerprint density at radius 3 is 2.38 bits per heavy atom. The van der Waals surface area contributed by atoms with Gasteiger partial charge in [0, 0.05) is 11.0 Å². The summed E-state index contributed by atoms with van der Waals surface area (Å²) in [6.07, 6.45) is 0. The van der Waals surface area contributed by atoms with E-state index in [1.165, 1.54) is 12.1 Å². The van der Waals surface area contributed by atoms with Gasteiger partial charge in [0.1, 0.15) is 0 Å².